The molecule has 0 fully saturated rings. The normalized spacial score (nSPS) is 11.9. The number of rotatable bonds is 6. The lowest BCUT2D eigenvalue weighted by Gasteiger charge is -2.14. The Morgan fingerprint density at radius 1 is 1.08 bits per heavy atom. The number of para-hydroxylation sites is 1. The quantitative estimate of drug-likeness (QED) is 0.831. The molecule has 1 N–H and O–H groups in total. The van der Waals surface area contributed by atoms with Gasteiger partial charge < -0.3 is 9.47 Å². The summed E-state index contributed by atoms with van der Waals surface area (Å²) in [5, 5.41) is 0. The Kier molecular flexibility index (Phi) is 5.36. The van der Waals surface area contributed by atoms with Crippen LogP contribution in [0.1, 0.15) is 11.4 Å². The van der Waals surface area contributed by atoms with Crippen molar-refractivity contribution in [1.82, 2.24) is 9.97 Å². The molecule has 25 heavy (non-hydrogen) atoms. The summed E-state index contributed by atoms with van der Waals surface area (Å²) in [6, 6.07) is 7.07. The van der Waals surface area contributed by atoms with Crippen LogP contribution >= 0.6 is 0 Å². The molecule has 1 aromatic carbocycles. The monoisotopic (exact) mass is 377 g/mol. The van der Waals surface area contributed by atoms with Gasteiger partial charge in [0.1, 0.15) is 5.82 Å². The van der Waals surface area contributed by atoms with Crippen LogP contribution in [0, 0.1) is 0 Å². The van der Waals surface area contributed by atoms with E-state index in [9.17, 15) is 21.6 Å². The Labute approximate surface area is 141 Å². The van der Waals surface area contributed by atoms with E-state index < -0.39 is 15.5 Å². The predicted molar refractivity (Wildman–Crippen MR) is 83.0 cm³/mol. The lowest BCUT2D eigenvalue weighted by molar-refractivity contribution is -0.0429. The number of aromatic nitrogens is 2. The minimum Gasteiger partial charge on any atom is -0.481 e. The molecule has 0 spiro atoms. The first-order valence-electron chi connectivity index (χ1n) is 6.79. The average Bonchev–Trinajstić information content (AvgIpc) is 2.55. The molecule has 0 aliphatic carbocycles. The molecule has 2 rings (SSSR count). The molecule has 0 atom stereocenters. The third-order valence-corrected chi connectivity index (χ3v) is 4.16. The van der Waals surface area contributed by atoms with E-state index in [4.69, 9.17) is 9.47 Å². The van der Waals surface area contributed by atoms with E-state index in [2.05, 4.69) is 9.97 Å². The molecule has 2 aromatic rings. The van der Waals surface area contributed by atoms with Gasteiger partial charge in [0.05, 0.1) is 26.0 Å². The summed E-state index contributed by atoms with van der Waals surface area (Å²) < 4.78 is 71.9. The van der Waals surface area contributed by atoms with Gasteiger partial charge in [0, 0.05) is 6.42 Å². The molecule has 0 aliphatic heterocycles. The van der Waals surface area contributed by atoms with Crippen molar-refractivity contribution in [2.24, 2.45) is 0 Å². The van der Waals surface area contributed by atoms with Crippen LogP contribution in [0.25, 0.3) is 0 Å². The zero-order chi connectivity index (χ0) is 18.7. The molecule has 11 heteroatoms. The van der Waals surface area contributed by atoms with E-state index in [1.807, 2.05) is 0 Å². The fourth-order valence-electron chi connectivity index (χ4n) is 1.88. The van der Waals surface area contributed by atoms with Crippen LogP contribution < -0.4 is 14.2 Å². The summed E-state index contributed by atoms with van der Waals surface area (Å²) in [4.78, 5) is 8.14. The van der Waals surface area contributed by atoms with Gasteiger partial charge in [-0.15, -0.1) is 0 Å². The van der Waals surface area contributed by atoms with Crippen molar-refractivity contribution < 1.29 is 31.1 Å². The Bertz CT molecular complexity index is 834. The number of benzene rings is 1. The van der Waals surface area contributed by atoms with E-state index >= 15 is 0 Å². The van der Waals surface area contributed by atoms with E-state index in [-0.39, 0.29) is 35.3 Å². The van der Waals surface area contributed by atoms with Crippen LogP contribution in [-0.4, -0.2) is 38.1 Å². The van der Waals surface area contributed by atoms with Gasteiger partial charge in [-0.05, 0) is 11.6 Å². The second-order valence-corrected chi connectivity index (χ2v) is 6.43. The van der Waals surface area contributed by atoms with Crippen molar-refractivity contribution in [3.05, 3.63) is 41.7 Å². The molecule has 0 amide bonds. The van der Waals surface area contributed by atoms with Crippen LogP contribution in [0.4, 0.5) is 18.9 Å². The number of hydrogen-bond donors (Lipinski definition) is 1. The lowest BCUT2D eigenvalue weighted by atomic mass is 10.1. The number of halogens is 3. The van der Waals surface area contributed by atoms with Crippen LogP contribution in [-0.2, 0) is 16.4 Å². The highest BCUT2D eigenvalue weighted by molar-refractivity contribution is 7.93. The topological polar surface area (TPSA) is 90.4 Å². The maximum atomic E-state index is 12.6. The number of sulfonamides is 1. The van der Waals surface area contributed by atoms with Crippen LogP contribution in [0.15, 0.2) is 30.3 Å². The summed E-state index contributed by atoms with van der Waals surface area (Å²) in [5.74, 6) is 0.597. The first-order valence-corrected chi connectivity index (χ1v) is 8.27. The highest BCUT2D eigenvalue weighted by atomic mass is 32.2. The number of methoxy groups -OCH3 is 2. The number of alkyl halides is 3. The summed E-state index contributed by atoms with van der Waals surface area (Å²) in [6.07, 6.45) is -0.0376. The van der Waals surface area contributed by atoms with Crippen LogP contribution in [0.5, 0.6) is 11.8 Å². The SMILES string of the molecule is COc1cc(OC)nc(Cc2ccccc2NS(=O)(=O)C(F)(F)F)n1. The molecule has 1 aromatic heterocycles. The van der Waals surface area contributed by atoms with E-state index in [1.54, 1.807) is 6.07 Å². The molecular formula is C14H14F3N3O4S. The van der Waals surface area contributed by atoms with Crippen molar-refractivity contribution in [1.29, 1.82) is 0 Å². The van der Waals surface area contributed by atoms with Gasteiger partial charge >= 0.3 is 15.5 Å². The first-order chi connectivity index (χ1) is 11.7. The minimum atomic E-state index is -5.53. The highest BCUT2D eigenvalue weighted by Gasteiger charge is 2.46. The van der Waals surface area contributed by atoms with Crippen molar-refractivity contribution in [2.45, 2.75) is 11.9 Å². The number of hydrogen-bond acceptors (Lipinski definition) is 6. The largest absolute Gasteiger partial charge is 0.516 e. The Morgan fingerprint density at radius 2 is 1.64 bits per heavy atom. The number of nitrogens with zero attached hydrogens (tertiary/aromatic N) is 2. The third-order valence-electron chi connectivity index (χ3n) is 3.06. The van der Waals surface area contributed by atoms with E-state index in [0.717, 1.165) is 0 Å². The molecule has 0 saturated carbocycles. The molecule has 0 saturated heterocycles. The number of anilines is 1. The van der Waals surface area contributed by atoms with Gasteiger partial charge in [-0.2, -0.15) is 31.6 Å². The standard InChI is InChI=1S/C14H14F3N3O4S/c1-23-12-8-13(24-2)19-11(18-12)7-9-5-3-4-6-10(9)20-25(21,22)14(15,16)17/h3-6,8,20H,7H2,1-2H3. The third kappa shape index (κ3) is 4.50. The molecule has 136 valence electrons. The van der Waals surface area contributed by atoms with Crippen molar-refractivity contribution in [2.75, 3.05) is 18.9 Å². The fraction of sp³-hybridized carbons (Fsp3) is 0.286. The van der Waals surface area contributed by atoms with Crippen molar-refractivity contribution >= 4 is 15.7 Å². The van der Waals surface area contributed by atoms with Gasteiger partial charge in [0.2, 0.25) is 11.8 Å². The Morgan fingerprint density at radius 3 is 2.16 bits per heavy atom. The van der Waals surface area contributed by atoms with E-state index in [1.165, 1.54) is 43.2 Å². The number of nitrogens with one attached hydrogen (secondary N) is 1. The molecule has 1 heterocycles. The summed E-state index contributed by atoms with van der Waals surface area (Å²) >= 11 is 0. The maximum Gasteiger partial charge on any atom is 0.516 e. The smallest absolute Gasteiger partial charge is 0.481 e. The fourth-order valence-corrected chi connectivity index (χ4v) is 2.49. The van der Waals surface area contributed by atoms with Crippen molar-refractivity contribution in [3.8, 4) is 11.8 Å². The second kappa shape index (κ2) is 7.13. The lowest BCUT2D eigenvalue weighted by Crippen LogP contribution is -2.30. The molecule has 0 radical (unpaired) electrons. The molecule has 7 nitrogen and oxygen atoms in total. The minimum absolute atomic E-state index is 0.0376. The molecule has 0 aliphatic rings. The average molecular weight is 377 g/mol. The summed E-state index contributed by atoms with van der Waals surface area (Å²) in [6.45, 7) is 0. The molecule has 0 bridgehead atoms. The molecule has 0 unspecified atom stereocenters. The van der Waals surface area contributed by atoms with Crippen LogP contribution in [0.2, 0.25) is 0 Å². The van der Waals surface area contributed by atoms with E-state index in [0.29, 0.717) is 0 Å². The maximum absolute atomic E-state index is 12.6. The summed E-state index contributed by atoms with van der Waals surface area (Å²) in [5.41, 5.74) is -5.38. The van der Waals surface area contributed by atoms with Crippen molar-refractivity contribution in [3.63, 3.8) is 0 Å². The van der Waals surface area contributed by atoms with Gasteiger partial charge in [-0.1, -0.05) is 18.2 Å². The van der Waals surface area contributed by atoms with Gasteiger partial charge in [-0.3, -0.25) is 4.72 Å². The molecular weight excluding hydrogens is 363 g/mol. The number of ether oxygens (including phenoxy) is 2. The summed E-state index contributed by atoms with van der Waals surface area (Å²) in [7, 11) is -2.76. The Balaban J connectivity index is 2.36. The van der Waals surface area contributed by atoms with Gasteiger partial charge in [0.15, 0.2) is 0 Å². The second-order valence-electron chi connectivity index (χ2n) is 4.75. The zero-order valence-corrected chi connectivity index (χ0v) is 14.0. The van der Waals surface area contributed by atoms with Gasteiger partial charge in [0.25, 0.3) is 0 Å². The Hall–Kier alpha value is -2.56. The zero-order valence-electron chi connectivity index (χ0n) is 13.2. The first kappa shape index (κ1) is 18.8. The van der Waals surface area contributed by atoms with Gasteiger partial charge in [-0.25, -0.2) is 0 Å². The highest BCUT2D eigenvalue weighted by Crippen LogP contribution is 2.28. The van der Waals surface area contributed by atoms with Crippen LogP contribution in [0.3, 0.4) is 0 Å². The predicted octanol–water partition coefficient (Wildman–Crippen LogP) is 2.35.